The molecule has 0 aliphatic carbocycles. The minimum Gasteiger partial charge on any atom is -0.368 e. The average Bonchev–Trinajstić information content (AvgIpc) is 3.13. The summed E-state index contributed by atoms with van der Waals surface area (Å²) in [5.74, 6) is 2.45. The Labute approximate surface area is 156 Å². The first kappa shape index (κ1) is 17.7. The topological polar surface area (TPSA) is 70.2 Å². The van der Waals surface area contributed by atoms with Gasteiger partial charge in [-0.15, -0.1) is 0 Å². The summed E-state index contributed by atoms with van der Waals surface area (Å²) in [6.07, 6.45) is 2.43. The van der Waals surface area contributed by atoms with E-state index in [0.717, 1.165) is 35.0 Å². The van der Waals surface area contributed by atoms with Gasteiger partial charge in [-0.25, -0.2) is 9.97 Å². The van der Waals surface area contributed by atoms with Crippen molar-refractivity contribution in [3.8, 4) is 0 Å². The van der Waals surface area contributed by atoms with Crippen molar-refractivity contribution in [2.45, 2.75) is 19.8 Å². The zero-order valence-electron chi connectivity index (χ0n) is 14.3. The number of aryl methyl sites for hydroxylation is 1. The summed E-state index contributed by atoms with van der Waals surface area (Å²) in [6, 6.07) is 9.29. The lowest BCUT2D eigenvalue weighted by Crippen LogP contribution is -2.29. The lowest BCUT2D eigenvalue weighted by Gasteiger charge is -2.17. The normalized spacial score (nSPS) is 13.8. The number of hydrogen-bond acceptors (Lipinski definition) is 5. The molecule has 0 bridgehead atoms. The summed E-state index contributed by atoms with van der Waals surface area (Å²) < 4.78 is 0.957. The van der Waals surface area contributed by atoms with E-state index in [2.05, 4.69) is 41.4 Å². The molecule has 0 unspecified atom stereocenters. The lowest BCUT2D eigenvalue weighted by molar-refractivity contribution is 0.0955. The third kappa shape index (κ3) is 4.92. The third-order valence-electron chi connectivity index (χ3n) is 4.08. The zero-order chi connectivity index (χ0) is 17.6. The van der Waals surface area contributed by atoms with Gasteiger partial charge in [0.2, 0.25) is 0 Å². The standard InChI is InChI=1S/C18H22BrN5O/c1-13-22-16(12-17(23-13)24-10-2-3-11-24)20-8-9-21-18(25)14-4-6-15(19)7-5-14/h4-7,12H,2-3,8-11H2,1H3,(H,21,25)(H,20,22,23). The molecule has 1 saturated heterocycles. The van der Waals surface area contributed by atoms with Crippen LogP contribution < -0.4 is 15.5 Å². The quantitative estimate of drug-likeness (QED) is 0.725. The van der Waals surface area contributed by atoms with Crippen LogP contribution in [0.3, 0.4) is 0 Å². The molecule has 1 aliphatic heterocycles. The molecule has 1 aliphatic rings. The highest BCUT2D eigenvalue weighted by Gasteiger charge is 2.15. The molecule has 1 fully saturated rings. The van der Waals surface area contributed by atoms with Gasteiger partial charge in [-0.3, -0.25) is 4.79 Å². The Hall–Kier alpha value is -2.15. The molecule has 2 heterocycles. The van der Waals surface area contributed by atoms with Crippen LogP contribution in [0.4, 0.5) is 11.6 Å². The minimum absolute atomic E-state index is 0.0778. The van der Waals surface area contributed by atoms with Gasteiger partial charge in [0.25, 0.3) is 5.91 Å². The van der Waals surface area contributed by atoms with Gasteiger partial charge in [0.05, 0.1) is 0 Å². The van der Waals surface area contributed by atoms with Crippen molar-refractivity contribution < 1.29 is 4.79 Å². The molecular formula is C18H22BrN5O. The second-order valence-corrected chi connectivity index (χ2v) is 6.96. The second kappa shape index (κ2) is 8.29. The summed E-state index contributed by atoms with van der Waals surface area (Å²) in [7, 11) is 0. The molecule has 0 saturated carbocycles. The number of aromatic nitrogens is 2. The van der Waals surface area contributed by atoms with Crippen LogP contribution in [0.5, 0.6) is 0 Å². The van der Waals surface area contributed by atoms with Crippen LogP contribution >= 0.6 is 15.9 Å². The SMILES string of the molecule is Cc1nc(NCCNC(=O)c2ccc(Br)cc2)cc(N2CCCC2)n1. The van der Waals surface area contributed by atoms with E-state index in [1.165, 1.54) is 12.8 Å². The van der Waals surface area contributed by atoms with Crippen LogP contribution in [0.1, 0.15) is 29.0 Å². The van der Waals surface area contributed by atoms with E-state index in [-0.39, 0.29) is 5.91 Å². The van der Waals surface area contributed by atoms with E-state index >= 15 is 0 Å². The molecule has 1 aromatic carbocycles. The second-order valence-electron chi connectivity index (χ2n) is 6.04. The fourth-order valence-corrected chi connectivity index (χ4v) is 3.08. The molecule has 7 heteroatoms. The number of carbonyl (C=O) groups excluding carboxylic acids is 1. The fourth-order valence-electron chi connectivity index (χ4n) is 2.82. The number of rotatable bonds is 6. The third-order valence-corrected chi connectivity index (χ3v) is 4.61. The monoisotopic (exact) mass is 403 g/mol. The van der Waals surface area contributed by atoms with Crippen molar-refractivity contribution in [2.24, 2.45) is 0 Å². The van der Waals surface area contributed by atoms with Gasteiger partial charge in [-0.1, -0.05) is 15.9 Å². The molecule has 0 radical (unpaired) electrons. The Morgan fingerprint density at radius 1 is 1.16 bits per heavy atom. The van der Waals surface area contributed by atoms with Gasteiger partial charge in [0.15, 0.2) is 0 Å². The fraction of sp³-hybridized carbons (Fsp3) is 0.389. The predicted molar refractivity (Wildman–Crippen MR) is 103 cm³/mol. The van der Waals surface area contributed by atoms with Crippen molar-refractivity contribution >= 4 is 33.5 Å². The van der Waals surface area contributed by atoms with Gasteiger partial charge >= 0.3 is 0 Å². The van der Waals surface area contributed by atoms with E-state index in [4.69, 9.17) is 0 Å². The Morgan fingerprint density at radius 3 is 2.60 bits per heavy atom. The van der Waals surface area contributed by atoms with E-state index in [1.807, 2.05) is 25.1 Å². The van der Waals surface area contributed by atoms with Crippen molar-refractivity contribution in [1.29, 1.82) is 0 Å². The molecule has 0 atom stereocenters. The van der Waals surface area contributed by atoms with Crippen molar-refractivity contribution in [2.75, 3.05) is 36.4 Å². The molecule has 3 rings (SSSR count). The molecule has 2 N–H and O–H groups in total. The first-order valence-electron chi connectivity index (χ1n) is 8.50. The Morgan fingerprint density at radius 2 is 1.88 bits per heavy atom. The van der Waals surface area contributed by atoms with Gasteiger partial charge < -0.3 is 15.5 Å². The Kier molecular flexibility index (Phi) is 5.86. The number of amides is 1. The minimum atomic E-state index is -0.0778. The summed E-state index contributed by atoms with van der Waals surface area (Å²) in [4.78, 5) is 23.3. The average molecular weight is 404 g/mol. The summed E-state index contributed by atoms with van der Waals surface area (Å²) in [5, 5.41) is 6.17. The van der Waals surface area contributed by atoms with Crippen molar-refractivity contribution in [3.05, 3.63) is 46.2 Å². The summed E-state index contributed by atoms with van der Waals surface area (Å²) in [5.41, 5.74) is 0.650. The Balaban J connectivity index is 1.50. The first-order valence-corrected chi connectivity index (χ1v) is 9.29. The molecule has 25 heavy (non-hydrogen) atoms. The highest BCUT2D eigenvalue weighted by molar-refractivity contribution is 9.10. The van der Waals surface area contributed by atoms with Crippen molar-refractivity contribution in [3.63, 3.8) is 0 Å². The zero-order valence-corrected chi connectivity index (χ0v) is 15.8. The van der Waals surface area contributed by atoms with Gasteiger partial charge in [0, 0.05) is 42.3 Å². The van der Waals surface area contributed by atoms with Crippen LogP contribution in [0.25, 0.3) is 0 Å². The molecule has 2 aromatic rings. The van der Waals surface area contributed by atoms with Crippen LogP contribution in [0.2, 0.25) is 0 Å². The van der Waals surface area contributed by atoms with Crippen LogP contribution in [0.15, 0.2) is 34.8 Å². The lowest BCUT2D eigenvalue weighted by atomic mass is 10.2. The number of halogens is 1. The maximum absolute atomic E-state index is 12.1. The van der Waals surface area contributed by atoms with E-state index in [0.29, 0.717) is 18.7 Å². The maximum Gasteiger partial charge on any atom is 0.251 e. The van der Waals surface area contributed by atoms with Gasteiger partial charge in [-0.2, -0.15) is 0 Å². The number of carbonyl (C=O) groups is 1. The molecule has 0 spiro atoms. The summed E-state index contributed by atoms with van der Waals surface area (Å²) >= 11 is 3.36. The largest absolute Gasteiger partial charge is 0.368 e. The summed E-state index contributed by atoms with van der Waals surface area (Å²) in [6.45, 7) is 5.15. The van der Waals surface area contributed by atoms with Crippen LogP contribution in [0, 0.1) is 6.92 Å². The maximum atomic E-state index is 12.1. The molecule has 132 valence electrons. The predicted octanol–water partition coefficient (Wildman–Crippen LogP) is 2.99. The smallest absolute Gasteiger partial charge is 0.251 e. The number of benzene rings is 1. The molecule has 1 aromatic heterocycles. The highest BCUT2D eigenvalue weighted by atomic mass is 79.9. The van der Waals surface area contributed by atoms with Crippen LogP contribution in [-0.2, 0) is 0 Å². The van der Waals surface area contributed by atoms with Gasteiger partial charge in [0.1, 0.15) is 17.5 Å². The van der Waals surface area contributed by atoms with E-state index in [1.54, 1.807) is 12.1 Å². The first-order chi connectivity index (χ1) is 12.1. The highest BCUT2D eigenvalue weighted by Crippen LogP contribution is 2.20. The van der Waals surface area contributed by atoms with Crippen LogP contribution in [-0.4, -0.2) is 42.1 Å². The molecular weight excluding hydrogens is 382 g/mol. The number of nitrogens with one attached hydrogen (secondary N) is 2. The molecule has 1 amide bonds. The van der Waals surface area contributed by atoms with Crippen molar-refractivity contribution in [1.82, 2.24) is 15.3 Å². The van der Waals surface area contributed by atoms with E-state index in [9.17, 15) is 4.79 Å². The van der Waals surface area contributed by atoms with E-state index < -0.39 is 0 Å². The van der Waals surface area contributed by atoms with Gasteiger partial charge in [-0.05, 0) is 44.0 Å². The number of anilines is 2. The number of nitrogens with zero attached hydrogens (tertiary/aromatic N) is 3. The Bertz CT molecular complexity index is 729. The molecule has 6 nitrogen and oxygen atoms in total. The number of hydrogen-bond donors (Lipinski definition) is 2.